The van der Waals surface area contributed by atoms with Crippen molar-refractivity contribution in [1.82, 2.24) is 14.7 Å². The molecule has 2 aromatic rings. The van der Waals surface area contributed by atoms with Crippen LogP contribution in [0.3, 0.4) is 0 Å². The summed E-state index contributed by atoms with van der Waals surface area (Å²) in [5, 5.41) is 2.96. The smallest absolute Gasteiger partial charge is 0.322 e. The van der Waals surface area contributed by atoms with Gasteiger partial charge in [-0.25, -0.2) is 4.79 Å². The van der Waals surface area contributed by atoms with Gasteiger partial charge in [0.05, 0.1) is 19.9 Å². The van der Waals surface area contributed by atoms with Crippen LogP contribution >= 0.6 is 0 Å². The molecule has 1 aliphatic rings. The van der Waals surface area contributed by atoms with Crippen molar-refractivity contribution in [3.63, 3.8) is 0 Å². The van der Waals surface area contributed by atoms with Gasteiger partial charge in [-0.05, 0) is 24.6 Å². The number of amides is 3. The molecule has 0 radical (unpaired) electrons. The zero-order valence-corrected chi connectivity index (χ0v) is 24.4. The molecule has 1 fully saturated rings. The molecule has 40 heavy (non-hydrogen) atoms. The van der Waals surface area contributed by atoms with Crippen LogP contribution in [0.4, 0.5) is 10.5 Å². The fourth-order valence-electron chi connectivity index (χ4n) is 4.85. The van der Waals surface area contributed by atoms with E-state index in [2.05, 4.69) is 17.1 Å². The van der Waals surface area contributed by atoms with Crippen LogP contribution in [0, 0.1) is 0 Å². The molecule has 0 aliphatic carbocycles. The number of anilines is 1. The molecule has 2 aromatic carbocycles. The van der Waals surface area contributed by atoms with Crippen molar-refractivity contribution < 1.29 is 19.1 Å². The van der Waals surface area contributed by atoms with Gasteiger partial charge in [0.15, 0.2) is 0 Å². The van der Waals surface area contributed by atoms with Gasteiger partial charge >= 0.3 is 6.03 Å². The Morgan fingerprint density at radius 2 is 1.57 bits per heavy atom. The minimum absolute atomic E-state index is 0.120. The van der Waals surface area contributed by atoms with Crippen molar-refractivity contribution in [2.24, 2.45) is 0 Å². The largest absolute Gasteiger partial charge is 0.496 e. The van der Waals surface area contributed by atoms with Crippen molar-refractivity contribution >= 4 is 23.7 Å². The number of hydrogen-bond donors (Lipinski definition) is 1. The lowest BCUT2D eigenvalue weighted by Gasteiger charge is -2.35. The highest BCUT2D eigenvalue weighted by molar-refractivity contribution is 5.91. The quantitative estimate of drug-likeness (QED) is 0.286. The fourth-order valence-corrected chi connectivity index (χ4v) is 4.85. The summed E-state index contributed by atoms with van der Waals surface area (Å²) in [4.78, 5) is 32.1. The molecule has 0 bridgehead atoms. The number of hydrogen-bond acceptors (Lipinski definition) is 5. The summed E-state index contributed by atoms with van der Waals surface area (Å²) in [5.74, 6) is 1.67. The van der Waals surface area contributed by atoms with Gasteiger partial charge in [-0.3, -0.25) is 9.69 Å². The lowest BCUT2D eigenvalue weighted by atomic mass is 10.1. The van der Waals surface area contributed by atoms with Crippen molar-refractivity contribution in [1.29, 1.82) is 0 Å². The number of unbranched alkanes of at least 4 members (excludes halogenated alkanes) is 4. The van der Waals surface area contributed by atoms with Gasteiger partial charge in [0.25, 0.3) is 0 Å². The Morgan fingerprint density at radius 1 is 0.900 bits per heavy atom. The molecule has 1 N–H and O–H groups in total. The van der Waals surface area contributed by atoms with Crippen LogP contribution in [0.15, 0.2) is 54.6 Å². The molecule has 1 saturated heterocycles. The highest BCUT2D eigenvalue weighted by atomic mass is 16.5. The molecule has 3 rings (SSSR count). The molecule has 1 aliphatic heterocycles. The molecule has 3 amide bonds. The van der Waals surface area contributed by atoms with Crippen molar-refractivity contribution in [2.75, 3.05) is 65.3 Å². The topological polar surface area (TPSA) is 74.4 Å². The number of methoxy groups -OCH3 is 2. The Bertz CT molecular complexity index is 1080. The van der Waals surface area contributed by atoms with E-state index in [9.17, 15) is 9.59 Å². The lowest BCUT2D eigenvalue weighted by molar-refractivity contribution is -0.131. The SMILES string of the molecule is CCCCCCCC(=O)N(CC=Cc1ccccc1OC)CCN1CCN(C(=O)Nc2ccccc2OC)CC1. The molecule has 0 atom stereocenters. The summed E-state index contributed by atoms with van der Waals surface area (Å²) >= 11 is 0. The molecule has 0 aromatic heterocycles. The first kappa shape index (κ1) is 31.0. The molecule has 218 valence electrons. The number of ether oxygens (including phenoxy) is 2. The summed E-state index contributed by atoms with van der Waals surface area (Å²) in [5.41, 5.74) is 1.67. The van der Waals surface area contributed by atoms with E-state index in [4.69, 9.17) is 9.47 Å². The highest BCUT2D eigenvalue weighted by Gasteiger charge is 2.23. The average Bonchev–Trinajstić information content (AvgIpc) is 2.99. The van der Waals surface area contributed by atoms with E-state index in [1.54, 1.807) is 14.2 Å². The van der Waals surface area contributed by atoms with Gasteiger partial charge in [0.2, 0.25) is 5.91 Å². The summed E-state index contributed by atoms with van der Waals surface area (Å²) in [6.45, 7) is 7.04. The van der Waals surface area contributed by atoms with E-state index >= 15 is 0 Å². The summed E-state index contributed by atoms with van der Waals surface area (Å²) < 4.78 is 10.8. The number of piperazine rings is 1. The van der Waals surface area contributed by atoms with Gasteiger partial charge in [-0.2, -0.15) is 0 Å². The van der Waals surface area contributed by atoms with E-state index in [1.807, 2.05) is 70.5 Å². The molecule has 0 saturated carbocycles. The van der Waals surface area contributed by atoms with Crippen LogP contribution in [0.1, 0.15) is 51.0 Å². The maximum Gasteiger partial charge on any atom is 0.322 e. The number of nitrogens with zero attached hydrogens (tertiary/aromatic N) is 3. The standard InChI is InChI=1S/C32H46N4O4/c1-4-5-6-7-8-19-31(37)35(20-13-15-27-14-9-11-17-29(27)39-2)24-21-34-22-25-36(26-23-34)32(38)33-28-16-10-12-18-30(28)40-3/h9-18H,4-8,19-26H2,1-3H3,(H,33,38). The Kier molecular flexibility index (Phi) is 13.4. The van der Waals surface area contributed by atoms with Gasteiger partial charge in [-0.15, -0.1) is 0 Å². The zero-order valence-electron chi connectivity index (χ0n) is 24.4. The molecular weight excluding hydrogens is 504 g/mol. The van der Waals surface area contributed by atoms with E-state index < -0.39 is 0 Å². The predicted octanol–water partition coefficient (Wildman–Crippen LogP) is 5.76. The molecule has 1 heterocycles. The monoisotopic (exact) mass is 550 g/mol. The maximum absolute atomic E-state index is 13.2. The Labute approximate surface area is 239 Å². The maximum atomic E-state index is 13.2. The third kappa shape index (κ3) is 9.90. The minimum Gasteiger partial charge on any atom is -0.496 e. The number of carbonyl (C=O) groups excluding carboxylic acids is 2. The van der Waals surface area contributed by atoms with E-state index in [1.165, 1.54) is 19.3 Å². The van der Waals surface area contributed by atoms with Crippen molar-refractivity contribution in [3.05, 3.63) is 60.2 Å². The zero-order chi connectivity index (χ0) is 28.6. The number of carbonyl (C=O) groups is 2. The Balaban J connectivity index is 1.51. The van der Waals surface area contributed by atoms with Crippen LogP contribution in [-0.4, -0.2) is 86.7 Å². The van der Waals surface area contributed by atoms with Crippen LogP contribution in [0.2, 0.25) is 0 Å². The predicted molar refractivity (Wildman–Crippen MR) is 162 cm³/mol. The summed E-state index contributed by atoms with van der Waals surface area (Å²) in [6.07, 6.45) is 10.3. The van der Waals surface area contributed by atoms with Crippen LogP contribution in [-0.2, 0) is 4.79 Å². The number of nitrogens with one attached hydrogen (secondary N) is 1. The number of rotatable bonds is 15. The second-order valence-corrected chi connectivity index (χ2v) is 10.1. The van der Waals surface area contributed by atoms with Gasteiger partial charge < -0.3 is 24.6 Å². The Hall–Kier alpha value is -3.52. The minimum atomic E-state index is -0.120. The van der Waals surface area contributed by atoms with Crippen LogP contribution in [0.25, 0.3) is 6.08 Å². The first-order valence-corrected chi connectivity index (χ1v) is 14.5. The van der Waals surface area contributed by atoms with E-state index in [0.717, 1.165) is 43.8 Å². The van der Waals surface area contributed by atoms with Crippen molar-refractivity contribution in [2.45, 2.75) is 45.4 Å². The first-order valence-electron chi connectivity index (χ1n) is 14.5. The summed E-state index contributed by atoms with van der Waals surface area (Å²) in [6, 6.07) is 15.2. The van der Waals surface area contributed by atoms with Gasteiger partial charge in [-0.1, -0.05) is 75.1 Å². The van der Waals surface area contributed by atoms with E-state index in [0.29, 0.717) is 44.0 Å². The third-order valence-electron chi connectivity index (χ3n) is 7.30. The van der Waals surface area contributed by atoms with Crippen LogP contribution in [0.5, 0.6) is 11.5 Å². The van der Waals surface area contributed by atoms with Gasteiger partial charge in [0, 0.05) is 57.8 Å². The second kappa shape index (κ2) is 17.2. The first-order chi connectivity index (χ1) is 19.5. The Morgan fingerprint density at radius 3 is 2.30 bits per heavy atom. The van der Waals surface area contributed by atoms with Gasteiger partial charge in [0.1, 0.15) is 11.5 Å². The number of benzene rings is 2. The lowest BCUT2D eigenvalue weighted by Crippen LogP contribution is -2.51. The number of para-hydroxylation sites is 3. The van der Waals surface area contributed by atoms with Crippen molar-refractivity contribution in [3.8, 4) is 11.5 Å². The average molecular weight is 551 g/mol. The molecule has 8 heteroatoms. The highest BCUT2D eigenvalue weighted by Crippen LogP contribution is 2.23. The molecule has 8 nitrogen and oxygen atoms in total. The molecular formula is C32H46N4O4. The molecule has 0 unspecified atom stereocenters. The normalized spacial score (nSPS) is 13.8. The molecule has 0 spiro atoms. The summed E-state index contributed by atoms with van der Waals surface area (Å²) in [7, 11) is 3.27. The van der Waals surface area contributed by atoms with Crippen LogP contribution < -0.4 is 14.8 Å². The second-order valence-electron chi connectivity index (χ2n) is 10.1. The number of urea groups is 1. The fraction of sp³-hybridized carbons (Fsp3) is 0.500. The third-order valence-corrected chi connectivity index (χ3v) is 7.30. The van der Waals surface area contributed by atoms with E-state index in [-0.39, 0.29) is 11.9 Å².